The second-order valence-electron chi connectivity index (χ2n) is 7.57. The van der Waals surface area contributed by atoms with Gasteiger partial charge in [-0.25, -0.2) is 4.79 Å². The number of carboxylic acid groups (broad SMARTS) is 1. The van der Waals surface area contributed by atoms with Gasteiger partial charge in [0.25, 0.3) is 0 Å². The average Bonchev–Trinajstić information content (AvgIpc) is 2.70. The van der Waals surface area contributed by atoms with E-state index in [9.17, 15) is 19.2 Å². The third kappa shape index (κ3) is 9.57. The van der Waals surface area contributed by atoms with Gasteiger partial charge in [0.2, 0.25) is 17.7 Å². The minimum atomic E-state index is -1.21. The molecule has 0 aliphatic rings. The lowest BCUT2D eigenvalue weighted by Gasteiger charge is -2.29. The lowest BCUT2D eigenvalue weighted by atomic mass is 9.96. The molecule has 0 radical (unpaired) electrons. The summed E-state index contributed by atoms with van der Waals surface area (Å²) in [5.41, 5.74) is 5.91. The van der Waals surface area contributed by atoms with Gasteiger partial charge < -0.3 is 26.8 Å². The number of nitrogens with two attached hydrogens (primary N) is 1. The fraction of sp³-hybridized carbons (Fsp3) is 0.789. The summed E-state index contributed by atoms with van der Waals surface area (Å²) in [6, 6.07) is -3.73. The minimum Gasteiger partial charge on any atom is -0.480 e. The van der Waals surface area contributed by atoms with E-state index in [0.29, 0.717) is 12.8 Å². The van der Waals surface area contributed by atoms with E-state index in [1.807, 2.05) is 20.1 Å². The molecule has 0 heterocycles. The van der Waals surface area contributed by atoms with Crippen molar-refractivity contribution >= 4 is 48.1 Å². The Morgan fingerprint density at radius 3 is 1.97 bits per heavy atom. The lowest BCUT2D eigenvalue weighted by molar-refractivity contribution is -0.142. The summed E-state index contributed by atoms with van der Waals surface area (Å²) >= 11 is 5.50. The maximum atomic E-state index is 12.9. The number of hydrogen-bond acceptors (Lipinski definition) is 7. The number of carboxylic acids is 1. The van der Waals surface area contributed by atoms with Crippen LogP contribution in [0.15, 0.2) is 0 Å². The Labute approximate surface area is 188 Å². The summed E-state index contributed by atoms with van der Waals surface area (Å²) in [6.45, 7) is 7.18. The largest absolute Gasteiger partial charge is 0.480 e. The van der Waals surface area contributed by atoms with E-state index in [1.165, 1.54) is 0 Å². The Morgan fingerprint density at radius 2 is 1.53 bits per heavy atom. The topological polar surface area (TPSA) is 151 Å². The highest BCUT2D eigenvalue weighted by atomic mass is 32.2. The smallest absolute Gasteiger partial charge is 0.327 e. The van der Waals surface area contributed by atoms with E-state index in [0.717, 1.165) is 5.75 Å². The molecule has 11 heteroatoms. The summed E-state index contributed by atoms with van der Waals surface area (Å²) in [6.07, 6.45) is 3.02. The van der Waals surface area contributed by atoms with Crippen molar-refractivity contribution in [2.45, 2.75) is 64.7 Å². The molecule has 9 nitrogen and oxygen atoms in total. The van der Waals surface area contributed by atoms with Gasteiger partial charge in [-0.1, -0.05) is 34.1 Å². The van der Waals surface area contributed by atoms with Crippen LogP contribution in [-0.2, 0) is 19.2 Å². The van der Waals surface area contributed by atoms with Crippen LogP contribution in [0.4, 0.5) is 0 Å². The number of carbonyl (C=O) groups is 4. The fourth-order valence-corrected chi connectivity index (χ4v) is 3.30. The molecule has 0 spiro atoms. The summed E-state index contributed by atoms with van der Waals surface area (Å²) < 4.78 is 0. The second kappa shape index (κ2) is 14.5. The zero-order valence-electron chi connectivity index (χ0n) is 18.3. The van der Waals surface area contributed by atoms with Crippen LogP contribution in [0.1, 0.15) is 40.5 Å². The predicted octanol–water partition coefficient (Wildman–Crippen LogP) is 0.238. The Balaban J connectivity index is 5.34. The number of nitrogens with one attached hydrogen (secondary N) is 3. The first-order valence-corrected chi connectivity index (χ1v) is 12.0. The second-order valence-corrected chi connectivity index (χ2v) is 8.92. The van der Waals surface area contributed by atoms with Crippen molar-refractivity contribution in [3.05, 3.63) is 0 Å². The Bertz CT molecular complexity index is 591. The molecule has 3 amide bonds. The molecule has 5 atom stereocenters. The van der Waals surface area contributed by atoms with Crippen LogP contribution in [0.2, 0.25) is 0 Å². The molecule has 0 fully saturated rings. The van der Waals surface area contributed by atoms with Crippen LogP contribution in [0.25, 0.3) is 0 Å². The van der Waals surface area contributed by atoms with Crippen LogP contribution < -0.4 is 21.7 Å². The first kappa shape index (κ1) is 28.5. The molecule has 0 aromatic rings. The first-order valence-electron chi connectivity index (χ1n) is 9.99. The summed E-state index contributed by atoms with van der Waals surface area (Å²) in [5.74, 6) is -2.62. The lowest BCUT2D eigenvalue weighted by Crippen LogP contribution is -2.60. The zero-order valence-corrected chi connectivity index (χ0v) is 20.0. The third-order valence-corrected chi connectivity index (χ3v) is 5.82. The molecular formula is C19H36N4O5S2. The summed E-state index contributed by atoms with van der Waals surface area (Å²) in [4.78, 5) is 49.1. The van der Waals surface area contributed by atoms with Gasteiger partial charge in [-0.3, -0.25) is 14.4 Å². The van der Waals surface area contributed by atoms with Crippen LogP contribution in [-0.4, -0.2) is 70.7 Å². The Hall–Kier alpha value is -1.46. The predicted molar refractivity (Wildman–Crippen MR) is 123 cm³/mol. The molecule has 0 aromatic carbocycles. The van der Waals surface area contributed by atoms with E-state index in [-0.39, 0.29) is 17.6 Å². The van der Waals surface area contributed by atoms with Crippen LogP contribution in [0.3, 0.4) is 0 Å². The number of thioether (sulfide) groups is 1. The van der Waals surface area contributed by atoms with Crippen molar-refractivity contribution < 1.29 is 24.3 Å². The number of amides is 3. The van der Waals surface area contributed by atoms with Crippen molar-refractivity contribution in [3.8, 4) is 0 Å². The van der Waals surface area contributed by atoms with Gasteiger partial charge in [0, 0.05) is 5.75 Å². The molecule has 0 aromatic heterocycles. The number of aliphatic carboxylic acids is 1. The average molecular weight is 465 g/mol. The fourth-order valence-electron chi connectivity index (χ4n) is 2.56. The zero-order chi connectivity index (χ0) is 23.4. The van der Waals surface area contributed by atoms with Gasteiger partial charge in [-0.05, 0) is 30.3 Å². The van der Waals surface area contributed by atoms with Crippen molar-refractivity contribution in [2.75, 3.05) is 17.8 Å². The number of thiol groups is 1. The molecule has 0 bridgehead atoms. The summed E-state index contributed by atoms with van der Waals surface area (Å²) in [7, 11) is 0. The SMILES string of the molecule is CCC(C)C(NC(=O)C(N)CCSC)C(=O)NC(C(=O)NC(CS)C(=O)O)C(C)C. The van der Waals surface area contributed by atoms with Crippen molar-refractivity contribution in [3.63, 3.8) is 0 Å². The van der Waals surface area contributed by atoms with Gasteiger partial charge in [0.05, 0.1) is 6.04 Å². The van der Waals surface area contributed by atoms with Crippen molar-refractivity contribution in [1.82, 2.24) is 16.0 Å². The van der Waals surface area contributed by atoms with Gasteiger partial charge in [0.1, 0.15) is 18.1 Å². The maximum Gasteiger partial charge on any atom is 0.327 e. The van der Waals surface area contributed by atoms with E-state index in [4.69, 9.17) is 10.8 Å². The molecule has 174 valence electrons. The third-order valence-electron chi connectivity index (χ3n) is 4.81. The van der Waals surface area contributed by atoms with Crippen molar-refractivity contribution in [2.24, 2.45) is 17.6 Å². The van der Waals surface area contributed by atoms with Gasteiger partial charge in [-0.15, -0.1) is 0 Å². The molecule has 0 rings (SSSR count). The van der Waals surface area contributed by atoms with Crippen LogP contribution in [0.5, 0.6) is 0 Å². The highest BCUT2D eigenvalue weighted by molar-refractivity contribution is 7.98. The van der Waals surface area contributed by atoms with E-state index < -0.39 is 47.9 Å². The Morgan fingerprint density at radius 1 is 1.00 bits per heavy atom. The van der Waals surface area contributed by atoms with Gasteiger partial charge in [0.15, 0.2) is 0 Å². The highest BCUT2D eigenvalue weighted by Gasteiger charge is 2.33. The van der Waals surface area contributed by atoms with Crippen LogP contribution >= 0.6 is 24.4 Å². The standard InChI is InChI=1S/C19H36N4O5S2/c1-6-11(4)15(23-16(24)12(20)7-8-30-5)18(26)22-14(10(2)3)17(25)21-13(9-29)19(27)28/h10-15,29H,6-9,20H2,1-5H3,(H,21,25)(H,22,26)(H,23,24)(H,27,28). The molecule has 0 aliphatic heterocycles. The monoisotopic (exact) mass is 464 g/mol. The molecule has 0 saturated heterocycles. The molecule has 0 saturated carbocycles. The van der Waals surface area contributed by atoms with E-state index >= 15 is 0 Å². The van der Waals surface area contributed by atoms with Gasteiger partial charge >= 0.3 is 5.97 Å². The number of carbonyl (C=O) groups excluding carboxylic acids is 3. The normalized spacial score (nSPS) is 16.1. The molecular weight excluding hydrogens is 428 g/mol. The highest BCUT2D eigenvalue weighted by Crippen LogP contribution is 2.11. The first-order chi connectivity index (χ1) is 14.0. The van der Waals surface area contributed by atoms with Crippen molar-refractivity contribution in [1.29, 1.82) is 0 Å². The van der Waals surface area contributed by atoms with E-state index in [2.05, 4.69) is 28.6 Å². The molecule has 6 N–H and O–H groups in total. The minimum absolute atomic E-state index is 0.0840. The maximum absolute atomic E-state index is 12.9. The van der Waals surface area contributed by atoms with Crippen LogP contribution in [0, 0.1) is 11.8 Å². The molecule has 30 heavy (non-hydrogen) atoms. The Kier molecular flexibility index (Phi) is 13.8. The molecule has 5 unspecified atom stereocenters. The summed E-state index contributed by atoms with van der Waals surface area (Å²) in [5, 5.41) is 16.9. The quantitative estimate of drug-likeness (QED) is 0.202. The number of rotatable bonds is 14. The van der Waals surface area contributed by atoms with E-state index in [1.54, 1.807) is 25.6 Å². The number of hydrogen-bond donors (Lipinski definition) is 6. The van der Waals surface area contributed by atoms with Gasteiger partial charge in [-0.2, -0.15) is 24.4 Å². The molecule has 0 aliphatic carbocycles.